The molecule has 0 radical (unpaired) electrons. The highest BCUT2D eigenvalue weighted by molar-refractivity contribution is 7.90. The summed E-state index contributed by atoms with van der Waals surface area (Å²) in [5.41, 5.74) is 0. The molecule has 1 aliphatic rings. The van der Waals surface area contributed by atoms with Gasteiger partial charge in [-0.25, -0.2) is 17.6 Å². The monoisotopic (exact) mass is 416 g/mol. The van der Waals surface area contributed by atoms with Gasteiger partial charge in [0.15, 0.2) is 11.5 Å². The Bertz CT molecular complexity index is 559. The molecule has 15 heteroatoms. The van der Waals surface area contributed by atoms with Crippen molar-refractivity contribution in [2.24, 2.45) is 0 Å². The van der Waals surface area contributed by atoms with E-state index in [4.69, 9.17) is 0 Å². The first kappa shape index (κ1) is 21.6. The van der Waals surface area contributed by atoms with Gasteiger partial charge in [0.05, 0.1) is 21.6 Å². The van der Waals surface area contributed by atoms with Crippen molar-refractivity contribution in [1.82, 2.24) is 0 Å². The van der Waals surface area contributed by atoms with Crippen LogP contribution in [0.1, 0.15) is 0 Å². The molecule has 0 spiro atoms. The molecule has 0 unspecified atom stereocenters. The molecule has 0 aromatic heterocycles. The second-order valence-electron chi connectivity index (χ2n) is 4.39. The second-order valence-corrected chi connectivity index (χ2v) is 5.52. The Morgan fingerprint density at radius 1 is 0.720 bits per heavy atom. The molecule has 0 saturated carbocycles. The molecule has 0 bridgehead atoms. The Balaban J connectivity index is 3.33. The maximum Gasteiger partial charge on any atom is 0.376 e. The Hall–Kier alpha value is -1.41. The molecule has 0 N–H and O–H groups in total. The maximum absolute atomic E-state index is 13.4. The van der Waals surface area contributed by atoms with Gasteiger partial charge in [0.1, 0.15) is 0 Å². The van der Waals surface area contributed by atoms with Crippen molar-refractivity contribution < 1.29 is 61.6 Å². The first-order chi connectivity index (χ1) is 11.0. The predicted octanol–water partition coefficient (Wildman–Crippen LogP) is 4.52. The quantitative estimate of drug-likeness (QED) is 0.596. The highest BCUT2D eigenvalue weighted by Crippen LogP contribution is 2.50. The zero-order chi connectivity index (χ0) is 20.0. The van der Waals surface area contributed by atoms with Crippen molar-refractivity contribution in [3.63, 3.8) is 0 Å². The van der Waals surface area contributed by atoms with Crippen molar-refractivity contribution in [3.05, 3.63) is 22.3 Å². The summed E-state index contributed by atoms with van der Waals surface area (Å²) in [6, 6.07) is 0. The van der Waals surface area contributed by atoms with Gasteiger partial charge in [0.25, 0.3) is 0 Å². The van der Waals surface area contributed by atoms with Gasteiger partial charge in [-0.3, -0.25) is 4.21 Å². The Kier molecular flexibility index (Phi) is 5.53. The van der Waals surface area contributed by atoms with Crippen molar-refractivity contribution >= 4 is 10.8 Å². The Morgan fingerprint density at radius 3 is 1.24 bits per heavy atom. The van der Waals surface area contributed by atoms with Crippen LogP contribution in [0.2, 0.25) is 0 Å². The van der Waals surface area contributed by atoms with Gasteiger partial charge in [0.2, 0.25) is 0 Å². The molecular weight excluding hydrogens is 412 g/mol. The van der Waals surface area contributed by atoms with Crippen LogP contribution in [0.3, 0.4) is 0 Å². The van der Waals surface area contributed by atoms with Gasteiger partial charge in [-0.2, -0.15) is 35.1 Å². The minimum absolute atomic E-state index is 0.531. The molecule has 25 heavy (non-hydrogen) atoms. The third-order valence-electron chi connectivity index (χ3n) is 2.67. The molecule has 0 saturated heterocycles. The fourth-order valence-corrected chi connectivity index (χ4v) is 2.17. The number of hydrogen-bond donors (Lipinski definition) is 0. The maximum atomic E-state index is 13.4. The average Bonchev–Trinajstić information content (AvgIpc) is 2.45. The zero-order valence-electron chi connectivity index (χ0n) is 11.1. The smallest absolute Gasteiger partial charge is 0.376 e. The Labute approximate surface area is 132 Å². The largest absolute Gasteiger partial charge is 0.451 e. The molecule has 1 aliphatic heterocycles. The van der Waals surface area contributed by atoms with Crippen LogP contribution in [0.4, 0.5) is 52.7 Å². The van der Waals surface area contributed by atoms with Gasteiger partial charge < -0.3 is 4.74 Å². The summed E-state index contributed by atoms with van der Waals surface area (Å²) in [6.07, 6.45) is -10.1. The molecule has 2 nitrogen and oxygen atoms in total. The number of allylic oxidation sites excluding steroid dienone is 2. The van der Waals surface area contributed by atoms with E-state index in [-0.39, 0.29) is 0 Å². The molecule has 146 valence electrons. The third-order valence-corrected chi connectivity index (χ3v) is 3.56. The first-order valence-corrected chi connectivity index (χ1v) is 6.86. The topological polar surface area (TPSA) is 26.3 Å². The van der Waals surface area contributed by atoms with E-state index >= 15 is 0 Å². The standard InChI is InChI=1S/C10H4F12O2S/c11-5(12)9(19,20)7(15,16)3-1-25(23)2-4(24-3)8(17,18)10(21,22)6(13)14/h1-2,5-6H. The summed E-state index contributed by atoms with van der Waals surface area (Å²) in [6.45, 7) is 0. The fraction of sp³-hybridized carbons (Fsp3) is 0.600. The minimum Gasteiger partial charge on any atom is -0.451 e. The van der Waals surface area contributed by atoms with Crippen LogP contribution < -0.4 is 0 Å². The number of halogens is 12. The van der Waals surface area contributed by atoms with Crippen LogP contribution in [-0.4, -0.2) is 40.7 Å². The summed E-state index contributed by atoms with van der Waals surface area (Å²) in [7, 11) is -3.25. The minimum atomic E-state index is -6.23. The van der Waals surface area contributed by atoms with Crippen molar-refractivity contribution in [3.8, 4) is 0 Å². The van der Waals surface area contributed by atoms with Gasteiger partial charge in [0, 0.05) is 0 Å². The van der Waals surface area contributed by atoms with E-state index in [9.17, 15) is 56.9 Å². The van der Waals surface area contributed by atoms with E-state index in [1.165, 1.54) is 0 Å². The highest BCUT2D eigenvalue weighted by Gasteiger charge is 2.70. The van der Waals surface area contributed by atoms with Crippen molar-refractivity contribution in [1.29, 1.82) is 0 Å². The van der Waals surface area contributed by atoms with Crippen LogP contribution in [-0.2, 0) is 15.5 Å². The second kappa shape index (κ2) is 6.39. The lowest BCUT2D eigenvalue weighted by Crippen LogP contribution is -2.51. The number of ether oxygens (including phenoxy) is 1. The molecule has 1 heterocycles. The van der Waals surface area contributed by atoms with Crippen LogP contribution in [0.25, 0.3) is 0 Å². The van der Waals surface area contributed by atoms with Crippen LogP contribution >= 0.6 is 0 Å². The highest BCUT2D eigenvalue weighted by atomic mass is 32.2. The van der Waals surface area contributed by atoms with Gasteiger partial charge in [-0.05, 0) is 0 Å². The van der Waals surface area contributed by atoms with E-state index in [0.717, 1.165) is 0 Å². The molecule has 0 atom stereocenters. The number of hydrogen-bond acceptors (Lipinski definition) is 2. The number of alkyl halides is 12. The lowest BCUT2D eigenvalue weighted by atomic mass is 10.1. The Morgan fingerprint density at radius 2 is 1.00 bits per heavy atom. The average molecular weight is 416 g/mol. The van der Waals surface area contributed by atoms with Crippen LogP contribution in [0.5, 0.6) is 0 Å². The van der Waals surface area contributed by atoms with Crippen molar-refractivity contribution in [2.75, 3.05) is 0 Å². The third kappa shape index (κ3) is 3.46. The zero-order valence-corrected chi connectivity index (χ0v) is 11.9. The molecule has 1 rings (SSSR count). The molecule has 0 aliphatic carbocycles. The summed E-state index contributed by atoms with van der Waals surface area (Å²) in [5.74, 6) is -30.1. The van der Waals surface area contributed by atoms with E-state index < -0.39 is 69.7 Å². The first-order valence-electron chi connectivity index (χ1n) is 5.59. The normalized spacial score (nSPS) is 18.3. The van der Waals surface area contributed by atoms with Gasteiger partial charge in [-0.15, -0.1) is 0 Å². The van der Waals surface area contributed by atoms with E-state index in [1.807, 2.05) is 0 Å². The summed E-state index contributed by atoms with van der Waals surface area (Å²) in [4.78, 5) is 0. The molecule has 0 aromatic carbocycles. The lowest BCUT2D eigenvalue weighted by molar-refractivity contribution is -0.272. The van der Waals surface area contributed by atoms with E-state index in [0.29, 0.717) is 0 Å². The van der Waals surface area contributed by atoms with Crippen LogP contribution in [0, 0.1) is 0 Å². The molecule has 0 fully saturated rings. The fourth-order valence-electron chi connectivity index (χ4n) is 1.29. The van der Waals surface area contributed by atoms with Crippen molar-refractivity contribution in [2.45, 2.75) is 36.5 Å². The number of rotatable bonds is 6. The van der Waals surface area contributed by atoms with Gasteiger partial charge in [-0.1, -0.05) is 0 Å². The summed E-state index contributed by atoms with van der Waals surface area (Å²) in [5, 5.41) is -1.06. The SMILES string of the molecule is O=S1C=C(C(F)(F)C(F)(F)C(F)F)OC(C(F)(F)C(F)(F)C(F)F)=C1. The van der Waals surface area contributed by atoms with E-state index in [2.05, 4.69) is 4.74 Å². The lowest BCUT2D eigenvalue weighted by Gasteiger charge is -2.32. The van der Waals surface area contributed by atoms with Crippen LogP contribution in [0.15, 0.2) is 22.3 Å². The van der Waals surface area contributed by atoms with E-state index in [1.54, 1.807) is 0 Å². The molecule has 0 amide bonds. The van der Waals surface area contributed by atoms with Gasteiger partial charge >= 0.3 is 36.5 Å². The molecular formula is C10H4F12O2S. The predicted molar refractivity (Wildman–Crippen MR) is 57.2 cm³/mol. The summed E-state index contributed by atoms with van der Waals surface area (Å²) >= 11 is 0. The summed E-state index contributed by atoms with van der Waals surface area (Å²) < 4.78 is 167. The molecule has 0 aromatic rings.